The summed E-state index contributed by atoms with van der Waals surface area (Å²) in [6, 6.07) is 0. The van der Waals surface area contributed by atoms with Crippen LogP contribution in [-0.2, 0) is 14.9 Å². The fraction of sp³-hybridized carbons (Fsp3) is 0.929. The van der Waals surface area contributed by atoms with Crippen molar-refractivity contribution in [2.75, 3.05) is 0 Å². The molecule has 0 aromatic rings. The number of hydrogen-bond donors (Lipinski definition) is 2. The van der Waals surface area contributed by atoms with E-state index in [2.05, 4.69) is 5.32 Å². The van der Waals surface area contributed by atoms with Crippen LogP contribution in [0, 0.1) is 17.8 Å². The molecule has 0 radical (unpaired) electrons. The van der Waals surface area contributed by atoms with Crippen LogP contribution in [0.4, 0.5) is 0 Å². The first kappa shape index (κ1) is 18.7. The largest absolute Gasteiger partial charge is 1.00 e. The van der Waals surface area contributed by atoms with Crippen LogP contribution < -0.4 is 40.6 Å². The van der Waals surface area contributed by atoms with Crippen molar-refractivity contribution in [2.45, 2.75) is 62.3 Å². The van der Waals surface area contributed by atoms with E-state index in [4.69, 9.17) is 5.73 Å². The van der Waals surface area contributed by atoms with Crippen molar-refractivity contribution in [3.8, 4) is 0 Å². The molecule has 0 saturated heterocycles. The van der Waals surface area contributed by atoms with Crippen molar-refractivity contribution in [3.05, 3.63) is 0 Å². The Morgan fingerprint density at radius 3 is 2.05 bits per heavy atom. The normalized spacial score (nSPS) is 37.5. The Bertz CT molecular complexity index is 502. The molecule has 4 aliphatic rings. The van der Waals surface area contributed by atoms with Crippen molar-refractivity contribution < 1.29 is 47.3 Å². The fourth-order valence-corrected chi connectivity index (χ4v) is 5.45. The molecule has 120 valence electrons. The van der Waals surface area contributed by atoms with Crippen LogP contribution in [0.25, 0.3) is 0 Å². The standard InChI is InChI=1S/C14H24N2O4S.Na/c15-12(21(18,19)20)1-2-13(17)16-14-6-9-3-10(7-14)5-11(4-9)8-14;/h9-12H,1-8,15H2,(H,16,17)(H,18,19,20);/q;+1/p-1. The van der Waals surface area contributed by atoms with E-state index < -0.39 is 15.5 Å². The number of rotatable bonds is 5. The summed E-state index contributed by atoms with van der Waals surface area (Å²) in [6.45, 7) is 0. The summed E-state index contributed by atoms with van der Waals surface area (Å²) in [6.07, 6.45) is 6.95. The van der Waals surface area contributed by atoms with Crippen LogP contribution in [0.5, 0.6) is 0 Å². The maximum Gasteiger partial charge on any atom is 1.00 e. The summed E-state index contributed by atoms with van der Waals surface area (Å²) >= 11 is 0. The third kappa shape index (κ3) is 4.05. The van der Waals surface area contributed by atoms with Crippen LogP contribution >= 0.6 is 0 Å². The van der Waals surface area contributed by atoms with Crippen molar-refractivity contribution in [3.63, 3.8) is 0 Å². The number of carbonyl (C=O) groups is 1. The molecule has 3 N–H and O–H groups in total. The number of nitrogens with one attached hydrogen (secondary N) is 1. The first-order valence-electron chi connectivity index (χ1n) is 7.77. The number of hydrogen-bond acceptors (Lipinski definition) is 5. The second kappa shape index (κ2) is 6.69. The molecule has 1 unspecified atom stereocenters. The molecule has 4 fully saturated rings. The molecule has 1 atom stereocenters. The molecule has 1 amide bonds. The van der Waals surface area contributed by atoms with Crippen LogP contribution in [0.15, 0.2) is 0 Å². The molecule has 0 spiro atoms. The molecular formula is C14H23N2NaO4S. The van der Waals surface area contributed by atoms with Gasteiger partial charge in [0.2, 0.25) is 5.91 Å². The Balaban J connectivity index is 0.00000176. The predicted molar refractivity (Wildman–Crippen MR) is 76.0 cm³/mol. The van der Waals surface area contributed by atoms with Gasteiger partial charge in [-0.1, -0.05) is 0 Å². The topological polar surface area (TPSA) is 112 Å². The number of nitrogens with two attached hydrogens (primary N) is 1. The Kier molecular flexibility index (Phi) is 5.68. The molecule has 4 aliphatic carbocycles. The van der Waals surface area contributed by atoms with Gasteiger partial charge in [0.25, 0.3) is 0 Å². The molecule has 8 heteroatoms. The third-order valence-corrected chi connectivity index (χ3v) is 6.45. The number of carbonyl (C=O) groups excluding carboxylic acids is 1. The average Bonchev–Trinajstić information content (AvgIpc) is 2.32. The van der Waals surface area contributed by atoms with Crippen LogP contribution in [-0.4, -0.2) is 29.8 Å². The molecule has 6 nitrogen and oxygen atoms in total. The van der Waals surface area contributed by atoms with Gasteiger partial charge in [-0.25, -0.2) is 8.42 Å². The maximum atomic E-state index is 12.1. The van der Waals surface area contributed by atoms with Crippen molar-refractivity contribution >= 4 is 16.0 Å². The van der Waals surface area contributed by atoms with Gasteiger partial charge in [0, 0.05) is 12.0 Å². The molecule has 4 saturated carbocycles. The SMILES string of the molecule is NC(CCC(=O)NC12CC3CC(CC(C3)C1)C2)S(=O)(=O)[O-].[Na+]. The Hall–Kier alpha value is 0.340. The summed E-state index contributed by atoms with van der Waals surface area (Å²) in [5, 5.41) is 1.65. The molecule has 0 aromatic heterocycles. The van der Waals surface area contributed by atoms with E-state index in [1.807, 2.05) is 0 Å². The quantitative estimate of drug-likeness (QED) is 0.432. The molecule has 0 aromatic carbocycles. The van der Waals surface area contributed by atoms with Crippen LogP contribution in [0.1, 0.15) is 51.4 Å². The van der Waals surface area contributed by atoms with Gasteiger partial charge >= 0.3 is 29.6 Å². The van der Waals surface area contributed by atoms with E-state index in [-0.39, 0.29) is 53.8 Å². The minimum Gasteiger partial charge on any atom is -0.747 e. The molecular weight excluding hydrogens is 315 g/mol. The smallest absolute Gasteiger partial charge is 0.747 e. The zero-order valence-corrected chi connectivity index (χ0v) is 15.9. The van der Waals surface area contributed by atoms with Crippen molar-refractivity contribution in [1.82, 2.24) is 5.32 Å². The second-order valence-electron chi connectivity index (χ2n) is 7.32. The Morgan fingerprint density at radius 2 is 1.64 bits per heavy atom. The fourth-order valence-electron chi connectivity index (χ4n) is 5.04. The van der Waals surface area contributed by atoms with Gasteiger partial charge in [-0.2, -0.15) is 0 Å². The predicted octanol–water partition coefficient (Wildman–Crippen LogP) is -2.31. The molecule has 4 rings (SSSR count). The van der Waals surface area contributed by atoms with Gasteiger partial charge in [0.05, 0.1) is 5.37 Å². The van der Waals surface area contributed by atoms with E-state index >= 15 is 0 Å². The van der Waals surface area contributed by atoms with Gasteiger partial charge in [-0.15, -0.1) is 0 Å². The second-order valence-corrected chi connectivity index (χ2v) is 8.91. The summed E-state index contributed by atoms with van der Waals surface area (Å²) in [5.41, 5.74) is 5.20. The average molecular weight is 338 g/mol. The van der Waals surface area contributed by atoms with E-state index in [0.717, 1.165) is 37.0 Å². The Morgan fingerprint density at radius 1 is 1.18 bits per heavy atom. The van der Waals surface area contributed by atoms with Gasteiger partial charge < -0.3 is 15.6 Å². The van der Waals surface area contributed by atoms with E-state index in [1.54, 1.807) is 0 Å². The maximum absolute atomic E-state index is 12.1. The van der Waals surface area contributed by atoms with Gasteiger partial charge in [0.1, 0.15) is 10.1 Å². The summed E-state index contributed by atoms with van der Waals surface area (Å²) < 4.78 is 32.2. The Labute approximate surface area is 154 Å². The third-order valence-electron chi connectivity index (χ3n) is 5.47. The zero-order chi connectivity index (χ0) is 15.3. The molecule has 4 bridgehead atoms. The monoisotopic (exact) mass is 338 g/mol. The van der Waals surface area contributed by atoms with Crippen molar-refractivity contribution in [1.29, 1.82) is 0 Å². The molecule has 22 heavy (non-hydrogen) atoms. The van der Waals surface area contributed by atoms with E-state index in [1.165, 1.54) is 19.3 Å². The zero-order valence-electron chi connectivity index (χ0n) is 13.1. The van der Waals surface area contributed by atoms with Gasteiger partial charge in [-0.05, 0) is 62.7 Å². The minimum atomic E-state index is -4.50. The first-order valence-corrected chi connectivity index (χ1v) is 9.24. The first-order chi connectivity index (χ1) is 9.76. The van der Waals surface area contributed by atoms with Crippen molar-refractivity contribution in [2.24, 2.45) is 23.5 Å². The molecule has 0 aliphatic heterocycles. The molecule has 0 heterocycles. The van der Waals surface area contributed by atoms with E-state index in [0.29, 0.717) is 0 Å². The summed E-state index contributed by atoms with van der Waals surface area (Å²) in [4.78, 5) is 12.1. The minimum absolute atomic E-state index is 0. The van der Waals surface area contributed by atoms with E-state index in [9.17, 15) is 17.8 Å². The van der Waals surface area contributed by atoms with Gasteiger partial charge in [0.15, 0.2) is 0 Å². The van der Waals surface area contributed by atoms with Crippen LogP contribution in [0.3, 0.4) is 0 Å². The summed E-state index contributed by atoms with van der Waals surface area (Å²) in [5.74, 6) is 2.04. The van der Waals surface area contributed by atoms with Crippen LogP contribution in [0.2, 0.25) is 0 Å². The summed E-state index contributed by atoms with van der Waals surface area (Å²) in [7, 11) is -4.50. The van der Waals surface area contributed by atoms with Gasteiger partial charge in [-0.3, -0.25) is 4.79 Å². The number of amides is 1.